The van der Waals surface area contributed by atoms with Crippen LogP contribution in [0, 0.1) is 17.2 Å². The zero-order valence-electron chi connectivity index (χ0n) is 8.30. The molecule has 82 valence electrons. The molecule has 0 bridgehead atoms. The van der Waals surface area contributed by atoms with E-state index >= 15 is 0 Å². The molecule has 0 aromatic carbocycles. The molecule has 3 atom stereocenters. The van der Waals surface area contributed by atoms with Crippen molar-refractivity contribution in [1.29, 1.82) is 5.26 Å². The summed E-state index contributed by atoms with van der Waals surface area (Å²) < 4.78 is 0. The van der Waals surface area contributed by atoms with Crippen LogP contribution in [0.15, 0.2) is 24.3 Å². The maximum atomic E-state index is 9.17. The number of aliphatic hydroxyl groups excluding tert-OH is 2. The first-order valence-corrected chi connectivity index (χ1v) is 4.71. The fourth-order valence-electron chi connectivity index (χ4n) is 1.33. The highest BCUT2D eigenvalue weighted by Crippen LogP contribution is 2.18. The minimum Gasteiger partial charge on any atom is -0.394 e. The Labute approximate surface area is 88.5 Å². The molecule has 0 saturated carbocycles. The maximum absolute atomic E-state index is 9.17. The topological polar surface area (TPSA) is 102 Å². The first-order chi connectivity index (χ1) is 7.12. The summed E-state index contributed by atoms with van der Waals surface area (Å²) in [4.78, 5) is 0. The largest absolute Gasteiger partial charge is 0.394 e. The second-order valence-corrected chi connectivity index (χ2v) is 3.50. The van der Waals surface area contributed by atoms with Crippen molar-refractivity contribution in [3.8, 4) is 6.07 Å². The van der Waals surface area contributed by atoms with Crippen molar-refractivity contribution in [2.45, 2.75) is 11.8 Å². The van der Waals surface area contributed by atoms with Gasteiger partial charge in [-0.15, -0.1) is 0 Å². The molecule has 3 unspecified atom stereocenters. The van der Waals surface area contributed by atoms with E-state index in [-0.39, 0.29) is 13.2 Å². The van der Waals surface area contributed by atoms with E-state index in [2.05, 4.69) is 11.4 Å². The van der Waals surface area contributed by atoms with E-state index in [1.54, 1.807) is 24.3 Å². The molecule has 5 nitrogen and oxygen atoms in total. The van der Waals surface area contributed by atoms with Crippen LogP contribution in [0.5, 0.6) is 0 Å². The van der Waals surface area contributed by atoms with E-state index in [9.17, 15) is 0 Å². The highest BCUT2D eigenvalue weighted by Gasteiger charge is 2.32. The Hall–Kier alpha value is -1.19. The van der Waals surface area contributed by atoms with Crippen LogP contribution in [0.3, 0.4) is 0 Å². The third kappa shape index (κ3) is 2.88. The molecule has 0 amide bonds. The van der Waals surface area contributed by atoms with Gasteiger partial charge in [0.05, 0.1) is 24.7 Å². The molecule has 0 fully saturated rings. The smallest absolute Gasteiger partial charge is 0.106 e. The van der Waals surface area contributed by atoms with Gasteiger partial charge in [-0.1, -0.05) is 18.2 Å². The molecule has 1 aliphatic carbocycles. The minimum atomic E-state index is -0.973. The van der Waals surface area contributed by atoms with Gasteiger partial charge in [0.2, 0.25) is 0 Å². The zero-order chi connectivity index (χ0) is 11.3. The average Bonchev–Trinajstić information content (AvgIpc) is 2.26. The highest BCUT2D eigenvalue weighted by atomic mass is 16.3. The number of rotatable bonds is 4. The van der Waals surface area contributed by atoms with Crippen LogP contribution < -0.4 is 11.1 Å². The van der Waals surface area contributed by atoms with Gasteiger partial charge in [0, 0.05) is 6.54 Å². The van der Waals surface area contributed by atoms with Crippen LogP contribution in [-0.4, -0.2) is 35.1 Å². The summed E-state index contributed by atoms with van der Waals surface area (Å²) in [6.07, 6.45) is 5.99. The molecule has 0 saturated heterocycles. The number of aliphatic hydroxyl groups is 2. The molecule has 1 rings (SSSR count). The van der Waals surface area contributed by atoms with Gasteiger partial charge in [0.25, 0.3) is 0 Å². The third-order valence-electron chi connectivity index (χ3n) is 2.30. The molecule has 0 aromatic rings. The highest BCUT2D eigenvalue weighted by molar-refractivity contribution is 5.27. The number of hydrogen-bond acceptors (Lipinski definition) is 5. The number of nitrogens with one attached hydrogen (secondary N) is 1. The average molecular weight is 209 g/mol. The second kappa shape index (κ2) is 5.05. The fourth-order valence-corrected chi connectivity index (χ4v) is 1.33. The van der Waals surface area contributed by atoms with E-state index in [0.29, 0.717) is 0 Å². The Morgan fingerprint density at radius 2 is 2.33 bits per heavy atom. The van der Waals surface area contributed by atoms with Crippen molar-refractivity contribution in [3.05, 3.63) is 24.3 Å². The van der Waals surface area contributed by atoms with Gasteiger partial charge >= 0.3 is 0 Å². The lowest BCUT2D eigenvalue weighted by Gasteiger charge is -2.32. The summed E-state index contributed by atoms with van der Waals surface area (Å²) in [5, 5.41) is 29.6. The first-order valence-electron chi connectivity index (χ1n) is 4.71. The van der Waals surface area contributed by atoms with Crippen molar-refractivity contribution >= 4 is 0 Å². The molecule has 0 heterocycles. The molecule has 0 aromatic heterocycles. The summed E-state index contributed by atoms with van der Waals surface area (Å²) in [7, 11) is 0. The lowest BCUT2D eigenvalue weighted by Crippen LogP contribution is -2.59. The Morgan fingerprint density at radius 1 is 1.60 bits per heavy atom. The summed E-state index contributed by atoms with van der Waals surface area (Å²) in [5.41, 5.74) is 4.98. The van der Waals surface area contributed by atoms with Gasteiger partial charge in [-0.2, -0.15) is 5.26 Å². The van der Waals surface area contributed by atoms with Crippen molar-refractivity contribution in [2.75, 3.05) is 13.2 Å². The molecule has 0 aliphatic heterocycles. The molecule has 1 aliphatic rings. The van der Waals surface area contributed by atoms with Gasteiger partial charge in [0.1, 0.15) is 5.66 Å². The van der Waals surface area contributed by atoms with Crippen LogP contribution >= 0.6 is 0 Å². The number of hydrogen-bond donors (Lipinski definition) is 4. The molecule has 0 radical (unpaired) electrons. The zero-order valence-corrected chi connectivity index (χ0v) is 8.30. The maximum Gasteiger partial charge on any atom is 0.106 e. The van der Waals surface area contributed by atoms with E-state index in [1.165, 1.54) is 0 Å². The van der Waals surface area contributed by atoms with Gasteiger partial charge in [-0.3, -0.25) is 5.32 Å². The van der Waals surface area contributed by atoms with Crippen LogP contribution in [0.1, 0.15) is 0 Å². The standard InChI is InChI=1S/C10H15N3O2/c11-5-8-3-1-2-4-10(8,12)13-6-9(15)7-14/h1-4,8-9,13-15H,6-7,12H2. The Bertz CT molecular complexity index is 308. The van der Waals surface area contributed by atoms with Gasteiger partial charge < -0.3 is 15.9 Å². The van der Waals surface area contributed by atoms with Crippen LogP contribution in [-0.2, 0) is 0 Å². The van der Waals surface area contributed by atoms with Gasteiger partial charge in [0.15, 0.2) is 0 Å². The Kier molecular flexibility index (Phi) is 4.00. The SMILES string of the molecule is N#CC1C=CC=CC1(N)NCC(O)CO. The van der Waals surface area contributed by atoms with Crippen molar-refractivity contribution in [3.63, 3.8) is 0 Å². The first kappa shape index (κ1) is 11.9. The van der Waals surface area contributed by atoms with E-state index < -0.39 is 17.7 Å². The summed E-state index contributed by atoms with van der Waals surface area (Å²) >= 11 is 0. The van der Waals surface area contributed by atoms with E-state index in [4.69, 9.17) is 21.2 Å². The molecule has 15 heavy (non-hydrogen) atoms. The summed E-state index contributed by atoms with van der Waals surface area (Å²) in [5.74, 6) is -0.478. The Morgan fingerprint density at radius 3 is 2.93 bits per heavy atom. The molecular formula is C10H15N3O2. The number of nitriles is 1. The lowest BCUT2D eigenvalue weighted by atomic mass is 9.90. The predicted octanol–water partition coefficient (Wildman–Crippen LogP) is -1.15. The normalized spacial score (nSPS) is 31.2. The predicted molar refractivity (Wildman–Crippen MR) is 55.4 cm³/mol. The fraction of sp³-hybridized carbons (Fsp3) is 0.500. The monoisotopic (exact) mass is 209 g/mol. The summed E-state index contributed by atoms with van der Waals surface area (Å²) in [6, 6.07) is 2.07. The number of nitrogens with zero attached hydrogens (tertiary/aromatic N) is 1. The third-order valence-corrected chi connectivity index (χ3v) is 2.30. The van der Waals surface area contributed by atoms with Crippen LogP contribution in [0.25, 0.3) is 0 Å². The molecule has 5 N–H and O–H groups in total. The van der Waals surface area contributed by atoms with Crippen molar-refractivity contribution in [2.24, 2.45) is 11.7 Å². The van der Waals surface area contributed by atoms with Crippen molar-refractivity contribution in [1.82, 2.24) is 5.32 Å². The van der Waals surface area contributed by atoms with Crippen LogP contribution in [0.4, 0.5) is 0 Å². The number of nitrogens with two attached hydrogens (primary N) is 1. The molecule has 5 heteroatoms. The van der Waals surface area contributed by atoms with Crippen molar-refractivity contribution < 1.29 is 10.2 Å². The van der Waals surface area contributed by atoms with Gasteiger partial charge in [-0.25, -0.2) is 0 Å². The summed E-state index contributed by atoms with van der Waals surface area (Å²) in [6.45, 7) is -0.191. The second-order valence-electron chi connectivity index (χ2n) is 3.50. The number of allylic oxidation sites excluding steroid dienone is 2. The quantitative estimate of drug-likeness (QED) is 0.438. The molecular weight excluding hydrogens is 194 g/mol. The molecule has 0 spiro atoms. The Balaban J connectivity index is 2.61. The van der Waals surface area contributed by atoms with E-state index in [1.807, 2.05) is 0 Å². The lowest BCUT2D eigenvalue weighted by molar-refractivity contribution is 0.0873. The van der Waals surface area contributed by atoms with Crippen LogP contribution in [0.2, 0.25) is 0 Å². The van der Waals surface area contributed by atoms with Gasteiger partial charge in [-0.05, 0) is 6.08 Å². The van der Waals surface area contributed by atoms with E-state index in [0.717, 1.165) is 0 Å². The minimum absolute atomic E-state index is 0.142.